The zero-order valence-electron chi connectivity index (χ0n) is 12.0. The first-order valence-corrected chi connectivity index (χ1v) is 6.62. The van der Waals surface area contributed by atoms with E-state index in [9.17, 15) is 19.8 Å². The molecular formula is C12H16N4O6. The minimum absolute atomic E-state index is 0.0718. The second-order valence-corrected chi connectivity index (χ2v) is 5.08. The van der Waals surface area contributed by atoms with Crippen molar-refractivity contribution in [3.8, 4) is 0 Å². The van der Waals surface area contributed by atoms with Crippen molar-refractivity contribution in [2.45, 2.75) is 24.5 Å². The molecule has 0 spiro atoms. The molecule has 2 aromatic heterocycles. The van der Waals surface area contributed by atoms with Crippen LogP contribution in [0.25, 0.3) is 11.2 Å². The molecule has 1 aliphatic rings. The summed E-state index contributed by atoms with van der Waals surface area (Å²) in [5, 5.41) is 19.3. The van der Waals surface area contributed by atoms with Crippen molar-refractivity contribution in [2.24, 2.45) is 7.05 Å². The van der Waals surface area contributed by atoms with Crippen LogP contribution in [0.4, 0.5) is 0 Å². The molecule has 3 rings (SSSR count). The molecule has 0 amide bonds. The fraction of sp³-hybridized carbons (Fsp3) is 0.583. The number of nitrogens with one attached hydrogen (secondary N) is 1. The molecule has 0 aliphatic carbocycles. The number of aromatic amines is 1. The quantitative estimate of drug-likeness (QED) is 0.580. The summed E-state index contributed by atoms with van der Waals surface area (Å²) in [4.78, 5) is 30.3. The maximum Gasteiger partial charge on any atom is 0.329 e. The maximum atomic E-state index is 12.0. The largest absolute Gasteiger partial charge is 0.394 e. The van der Waals surface area contributed by atoms with E-state index in [4.69, 9.17) is 9.47 Å². The topological polar surface area (TPSA) is 132 Å². The lowest BCUT2D eigenvalue weighted by Crippen LogP contribution is -2.35. The van der Waals surface area contributed by atoms with Crippen LogP contribution in [0.1, 0.15) is 6.23 Å². The van der Waals surface area contributed by atoms with E-state index in [1.54, 1.807) is 0 Å². The molecule has 1 fully saturated rings. The normalized spacial score (nSPS) is 28.5. The Morgan fingerprint density at radius 3 is 2.86 bits per heavy atom. The van der Waals surface area contributed by atoms with Gasteiger partial charge in [-0.2, -0.15) is 0 Å². The van der Waals surface area contributed by atoms with Crippen molar-refractivity contribution in [1.29, 1.82) is 0 Å². The molecule has 0 bridgehead atoms. The van der Waals surface area contributed by atoms with Crippen molar-refractivity contribution in [1.82, 2.24) is 19.1 Å². The van der Waals surface area contributed by atoms with Gasteiger partial charge >= 0.3 is 5.69 Å². The molecule has 1 aliphatic heterocycles. The molecule has 0 saturated carbocycles. The van der Waals surface area contributed by atoms with Gasteiger partial charge in [0.15, 0.2) is 11.7 Å². The Kier molecular flexibility index (Phi) is 3.60. The number of rotatable bonds is 3. The number of H-pyrrole nitrogens is 1. The summed E-state index contributed by atoms with van der Waals surface area (Å²) in [6.45, 7) is -0.386. The van der Waals surface area contributed by atoms with E-state index in [2.05, 4.69) is 9.97 Å². The Morgan fingerprint density at radius 2 is 2.23 bits per heavy atom. The lowest BCUT2D eigenvalue weighted by molar-refractivity contribution is -0.0583. The third kappa shape index (κ3) is 2.00. The van der Waals surface area contributed by atoms with E-state index in [-0.39, 0.29) is 17.8 Å². The Balaban J connectivity index is 2.15. The summed E-state index contributed by atoms with van der Waals surface area (Å²) in [6.07, 6.45) is -2.15. The molecule has 0 aromatic carbocycles. The first-order valence-electron chi connectivity index (χ1n) is 6.62. The maximum absolute atomic E-state index is 12.0. The van der Waals surface area contributed by atoms with Gasteiger partial charge in [-0.3, -0.25) is 18.9 Å². The van der Waals surface area contributed by atoms with Gasteiger partial charge in [0, 0.05) is 14.2 Å². The SMILES string of the molecule is CO[C@@H]1[C@H](O)[C@@H](CO)O[C@H]1n1cnc2c(=O)n(C)c(=O)[nH]c21. The number of ether oxygens (including phenoxy) is 2. The van der Waals surface area contributed by atoms with Crippen LogP contribution in [0.3, 0.4) is 0 Å². The van der Waals surface area contributed by atoms with E-state index in [1.165, 1.54) is 25.1 Å². The highest BCUT2D eigenvalue weighted by atomic mass is 16.6. The summed E-state index contributed by atoms with van der Waals surface area (Å²) in [6, 6.07) is 0. The molecule has 3 heterocycles. The van der Waals surface area contributed by atoms with Crippen LogP contribution in [0.15, 0.2) is 15.9 Å². The standard InChI is InChI=1S/C12H16N4O6/c1-15-10(19)6-9(14-12(15)20)16(4-13-6)11-8(21-2)7(18)5(3-17)22-11/h4-5,7-8,11,17-18H,3H2,1-2H3,(H,14,20)/t5-,7-,8-,11-/m1/s1. The average molecular weight is 312 g/mol. The lowest BCUT2D eigenvalue weighted by Gasteiger charge is -2.20. The molecule has 22 heavy (non-hydrogen) atoms. The van der Waals surface area contributed by atoms with Gasteiger partial charge in [-0.1, -0.05) is 0 Å². The number of fused-ring (bicyclic) bond motifs is 1. The number of aromatic nitrogens is 4. The minimum Gasteiger partial charge on any atom is -0.394 e. The van der Waals surface area contributed by atoms with E-state index in [1.807, 2.05) is 0 Å². The summed E-state index contributed by atoms with van der Waals surface area (Å²) < 4.78 is 13.1. The van der Waals surface area contributed by atoms with Gasteiger partial charge in [-0.05, 0) is 0 Å². The van der Waals surface area contributed by atoms with E-state index in [0.717, 1.165) is 4.57 Å². The molecule has 10 heteroatoms. The predicted molar refractivity (Wildman–Crippen MR) is 73.4 cm³/mol. The second kappa shape index (κ2) is 5.32. The van der Waals surface area contributed by atoms with Crippen LogP contribution in [0.5, 0.6) is 0 Å². The Labute approximate surface area is 123 Å². The summed E-state index contributed by atoms with van der Waals surface area (Å²) >= 11 is 0. The van der Waals surface area contributed by atoms with Crippen LogP contribution in [0, 0.1) is 0 Å². The number of hydrogen-bond donors (Lipinski definition) is 3. The van der Waals surface area contributed by atoms with Gasteiger partial charge in [0.05, 0.1) is 12.9 Å². The summed E-state index contributed by atoms with van der Waals surface area (Å²) in [5.74, 6) is 0. The van der Waals surface area contributed by atoms with Crippen molar-refractivity contribution >= 4 is 11.2 Å². The second-order valence-electron chi connectivity index (χ2n) is 5.08. The van der Waals surface area contributed by atoms with Crippen LogP contribution in [-0.2, 0) is 16.5 Å². The highest BCUT2D eigenvalue weighted by Crippen LogP contribution is 2.32. The summed E-state index contributed by atoms with van der Waals surface area (Å²) in [5.41, 5.74) is -0.886. The molecule has 4 atom stereocenters. The van der Waals surface area contributed by atoms with Crippen LogP contribution < -0.4 is 11.2 Å². The van der Waals surface area contributed by atoms with Gasteiger partial charge in [-0.25, -0.2) is 9.78 Å². The molecular weight excluding hydrogens is 296 g/mol. The molecule has 2 aromatic rings. The fourth-order valence-electron chi connectivity index (χ4n) is 2.62. The smallest absolute Gasteiger partial charge is 0.329 e. The fourth-order valence-corrected chi connectivity index (χ4v) is 2.62. The van der Waals surface area contributed by atoms with Crippen molar-refractivity contribution in [3.05, 3.63) is 27.2 Å². The van der Waals surface area contributed by atoms with Gasteiger partial charge in [0.1, 0.15) is 24.0 Å². The third-order valence-corrected chi connectivity index (χ3v) is 3.87. The van der Waals surface area contributed by atoms with E-state index >= 15 is 0 Å². The first kappa shape index (κ1) is 14.9. The van der Waals surface area contributed by atoms with Crippen LogP contribution in [-0.4, -0.2) is 61.3 Å². The highest BCUT2D eigenvalue weighted by molar-refractivity contribution is 5.69. The minimum atomic E-state index is -1.05. The number of hydrogen-bond acceptors (Lipinski definition) is 7. The van der Waals surface area contributed by atoms with Gasteiger partial charge < -0.3 is 19.7 Å². The summed E-state index contributed by atoms with van der Waals surface area (Å²) in [7, 11) is 2.74. The zero-order valence-corrected chi connectivity index (χ0v) is 12.0. The van der Waals surface area contributed by atoms with E-state index in [0.29, 0.717) is 0 Å². The number of imidazole rings is 1. The average Bonchev–Trinajstić information content (AvgIpc) is 3.05. The van der Waals surface area contributed by atoms with Crippen LogP contribution >= 0.6 is 0 Å². The van der Waals surface area contributed by atoms with Gasteiger partial charge in [0.25, 0.3) is 5.56 Å². The first-order chi connectivity index (χ1) is 10.5. The molecule has 10 nitrogen and oxygen atoms in total. The lowest BCUT2D eigenvalue weighted by atomic mass is 10.1. The van der Waals surface area contributed by atoms with Crippen LogP contribution in [0.2, 0.25) is 0 Å². The third-order valence-electron chi connectivity index (χ3n) is 3.87. The molecule has 120 valence electrons. The molecule has 3 N–H and O–H groups in total. The predicted octanol–water partition coefficient (Wildman–Crippen LogP) is -2.31. The van der Waals surface area contributed by atoms with Crippen molar-refractivity contribution in [2.75, 3.05) is 13.7 Å². The molecule has 0 radical (unpaired) electrons. The Hall–Kier alpha value is -2.01. The zero-order chi connectivity index (χ0) is 16.0. The Bertz CT molecular complexity index is 808. The molecule has 1 saturated heterocycles. The number of aliphatic hydroxyl groups excluding tert-OH is 2. The van der Waals surface area contributed by atoms with E-state index < -0.39 is 35.8 Å². The van der Waals surface area contributed by atoms with Crippen molar-refractivity contribution in [3.63, 3.8) is 0 Å². The monoisotopic (exact) mass is 312 g/mol. The highest BCUT2D eigenvalue weighted by Gasteiger charge is 2.45. The van der Waals surface area contributed by atoms with Crippen molar-refractivity contribution < 1.29 is 19.7 Å². The number of aliphatic hydroxyl groups is 2. The van der Waals surface area contributed by atoms with Gasteiger partial charge in [-0.15, -0.1) is 0 Å². The number of methoxy groups -OCH3 is 1. The molecule has 0 unspecified atom stereocenters. The number of nitrogens with zero attached hydrogens (tertiary/aromatic N) is 3. The van der Waals surface area contributed by atoms with Gasteiger partial charge in [0.2, 0.25) is 0 Å². The Morgan fingerprint density at radius 1 is 1.50 bits per heavy atom.